The fourth-order valence-corrected chi connectivity index (χ4v) is 3.27. The molecule has 32 heavy (non-hydrogen) atoms. The molecule has 0 heterocycles. The van der Waals surface area contributed by atoms with Crippen LogP contribution in [0.5, 0.6) is 0 Å². The first-order valence-electron chi connectivity index (χ1n) is 10.3. The number of hydrogen-bond acceptors (Lipinski definition) is 4. The van der Waals surface area contributed by atoms with Crippen LogP contribution in [0.2, 0.25) is 0 Å². The number of carbonyl (C=O) groups is 2. The van der Waals surface area contributed by atoms with E-state index in [0.29, 0.717) is 0 Å². The van der Waals surface area contributed by atoms with Gasteiger partial charge in [0.2, 0.25) is 11.8 Å². The molecule has 4 rings (SSSR count). The van der Waals surface area contributed by atoms with Crippen molar-refractivity contribution in [3.05, 3.63) is 96.1 Å². The van der Waals surface area contributed by atoms with Crippen LogP contribution in [0.15, 0.2) is 95.1 Å². The summed E-state index contributed by atoms with van der Waals surface area (Å²) in [5.41, 5.74) is 6.65. The molecule has 6 nitrogen and oxygen atoms in total. The van der Waals surface area contributed by atoms with Crippen molar-refractivity contribution >= 4 is 45.8 Å². The summed E-state index contributed by atoms with van der Waals surface area (Å²) in [6.07, 6.45) is 3.20. The highest BCUT2D eigenvalue weighted by atomic mass is 16.2. The molecule has 0 aliphatic heterocycles. The van der Waals surface area contributed by atoms with Crippen LogP contribution in [0.3, 0.4) is 0 Å². The van der Waals surface area contributed by atoms with Gasteiger partial charge >= 0.3 is 0 Å². The fraction of sp³-hybridized carbons (Fsp3) is 0.0769. The zero-order valence-corrected chi connectivity index (χ0v) is 17.4. The lowest BCUT2D eigenvalue weighted by atomic mass is 10.1. The van der Waals surface area contributed by atoms with Gasteiger partial charge in [-0.1, -0.05) is 72.8 Å². The van der Waals surface area contributed by atoms with E-state index in [-0.39, 0.29) is 24.7 Å². The summed E-state index contributed by atoms with van der Waals surface area (Å²) in [7, 11) is 0. The van der Waals surface area contributed by atoms with Crippen LogP contribution in [-0.4, -0.2) is 24.2 Å². The zero-order chi connectivity index (χ0) is 22.2. The predicted octanol–water partition coefficient (Wildman–Crippen LogP) is 4.37. The first kappa shape index (κ1) is 20.9. The van der Waals surface area contributed by atoms with Crippen molar-refractivity contribution in [2.24, 2.45) is 10.2 Å². The summed E-state index contributed by atoms with van der Waals surface area (Å²) in [6, 6.07) is 27.9. The minimum Gasteiger partial charge on any atom is -0.273 e. The van der Waals surface area contributed by atoms with E-state index in [9.17, 15) is 9.59 Å². The van der Waals surface area contributed by atoms with E-state index in [1.807, 2.05) is 84.9 Å². The SMILES string of the molecule is O=C(CCC(=O)N/N=C\c1ccc2ccccc2c1)N/N=C\c1ccc2ccccc2c1. The fourth-order valence-electron chi connectivity index (χ4n) is 3.27. The van der Waals surface area contributed by atoms with E-state index in [0.717, 1.165) is 32.7 Å². The molecule has 0 spiro atoms. The van der Waals surface area contributed by atoms with Gasteiger partial charge in [-0.2, -0.15) is 10.2 Å². The van der Waals surface area contributed by atoms with Gasteiger partial charge in [0.25, 0.3) is 0 Å². The van der Waals surface area contributed by atoms with Gasteiger partial charge in [0.05, 0.1) is 12.4 Å². The van der Waals surface area contributed by atoms with E-state index in [2.05, 4.69) is 21.1 Å². The molecule has 0 atom stereocenters. The normalized spacial score (nSPS) is 11.4. The summed E-state index contributed by atoms with van der Waals surface area (Å²) >= 11 is 0. The van der Waals surface area contributed by atoms with Gasteiger partial charge < -0.3 is 0 Å². The smallest absolute Gasteiger partial charge is 0.240 e. The van der Waals surface area contributed by atoms with Gasteiger partial charge in [-0.15, -0.1) is 0 Å². The third-order valence-corrected chi connectivity index (χ3v) is 4.93. The van der Waals surface area contributed by atoms with Gasteiger partial charge in [-0.3, -0.25) is 9.59 Å². The van der Waals surface area contributed by atoms with E-state index >= 15 is 0 Å². The van der Waals surface area contributed by atoms with Crippen LogP contribution in [-0.2, 0) is 9.59 Å². The summed E-state index contributed by atoms with van der Waals surface area (Å²) in [5, 5.41) is 12.4. The highest BCUT2D eigenvalue weighted by Gasteiger charge is 2.05. The largest absolute Gasteiger partial charge is 0.273 e. The zero-order valence-electron chi connectivity index (χ0n) is 17.4. The molecule has 4 aromatic carbocycles. The molecule has 0 fully saturated rings. The molecule has 4 aromatic rings. The Balaban J connectivity index is 1.21. The quantitative estimate of drug-likeness (QED) is 0.342. The average molecular weight is 422 g/mol. The number of amides is 2. The predicted molar refractivity (Wildman–Crippen MR) is 129 cm³/mol. The van der Waals surface area contributed by atoms with E-state index in [4.69, 9.17) is 0 Å². The highest BCUT2D eigenvalue weighted by molar-refractivity contribution is 5.92. The summed E-state index contributed by atoms with van der Waals surface area (Å²) in [6.45, 7) is 0. The molecule has 2 amide bonds. The Hall–Kier alpha value is -4.32. The third kappa shape index (κ3) is 5.64. The lowest BCUT2D eigenvalue weighted by Crippen LogP contribution is -2.22. The maximum absolute atomic E-state index is 11.9. The van der Waals surface area contributed by atoms with Crippen molar-refractivity contribution in [2.75, 3.05) is 0 Å². The minimum atomic E-state index is -0.337. The Morgan fingerprint density at radius 3 is 1.44 bits per heavy atom. The van der Waals surface area contributed by atoms with Crippen molar-refractivity contribution in [1.82, 2.24) is 10.9 Å². The van der Waals surface area contributed by atoms with E-state index < -0.39 is 0 Å². The third-order valence-electron chi connectivity index (χ3n) is 4.93. The molecule has 2 N–H and O–H groups in total. The van der Waals surface area contributed by atoms with Gasteiger partial charge in [0.1, 0.15) is 0 Å². The first-order chi connectivity index (χ1) is 15.7. The number of rotatable bonds is 7. The summed E-state index contributed by atoms with van der Waals surface area (Å²) < 4.78 is 0. The topological polar surface area (TPSA) is 82.9 Å². The molecule has 0 radical (unpaired) electrons. The van der Waals surface area contributed by atoms with E-state index in [1.165, 1.54) is 0 Å². The van der Waals surface area contributed by atoms with Crippen molar-refractivity contribution in [1.29, 1.82) is 0 Å². The Labute approximate surface area is 185 Å². The van der Waals surface area contributed by atoms with Crippen molar-refractivity contribution in [3.63, 3.8) is 0 Å². The number of nitrogens with zero attached hydrogens (tertiary/aromatic N) is 2. The number of benzene rings is 4. The molecule has 6 heteroatoms. The molecule has 0 aliphatic carbocycles. The monoisotopic (exact) mass is 422 g/mol. The van der Waals surface area contributed by atoms with Gasteiger partial charge in [-0.25, -0.2) is 10.9 Å². The standard InChI is InChI=1S/C26H22N4O2/c31-25(29-27-17-19-9-11-21-5-1-3-7-23(21)15-19)13-14-26(32)30-28-18-20-10-12-22-6-2-4-8-24(22)16-20/h1-12,15-18H,13-14H2,(H,29,31)(H,30,32)/b27-17-,28-18-. The van der Waals surface area contributed by atoms with Crippen LogP contribution in [0.1, 0.15) is 24.0 Å². The van der Waals surface area contributed by atoms with Gasteiger partial charge in [-0.05, 0) is 44.8 Å². The Bertz CT molecular complexity index is 1220. The second-order valence-electron chi connectivity index (χ2n) is 7.30. The van der Waals surface area contributed by atoms with Crippen LogP contribution in [0.25, 0.3) is 21.5 Å². The Morgan fingerprint density at radius 1 is 0.594 bits per heavy atom. The number of fused-ring (bicyclic) bond motifs is 2. The maximum atomic E-state index is 11.9. The van der Waals surface area contributed by atoms with Crippen molar-refractivity contribution in [2.45, 2.75) is 12.8 Å². The Morgan fingerprint density at radius 2 is 1.00 bits per heavy atom. The second kappa shape index (κ2) is 10.1. The average Bonchev–Trinajstić information content (AvgIpc) is 2.82. The molecule has 0 saturated heterocycles. The molecule has 0 unspecified atom stereocenters. The number of hydrogen-bond donors (Lipinski definition) is 2. The van der Waals surface area contributed by atoms with Gasteiger partial charge in [0.15, 0.2) is 0 Å². The number of nitrogens with one attached hydrogen (secondary N) is 2. The molecular formula is C26H22N4O2. The van der Waals surface area contributed by atoms with Crippen LogP contribution >= 0.6 is 0 Å². The molecule has 0 saturated carbocycles. The second-order valence-corrected chi connectivity index (χ2v) is 7.30. The van der Waals surface area contributed by atoms with Crippen molar-refractivity contribution < 1.29 is 9.59 Å². The van der Waals surface area contributed by atoms with Crippen LogP contribution in [0, 0.1) is 0 Å². The molecule has 0 aromatic heterocycles. The maximum Gasteiger partial charge on any atom is 0.240 e. The highest BCUT2D eigenvalue weighted by Crippen LogP contribution is 2.15. The first-order valence-corrected chi connectivity index (χ1v) is 10.3. The van der Waals surface area contributed by atoms with Crippen LogP contribution in [0.4, 0.5) is 0 Å². The van der Waals surface area contributed by atoms with Gasteiger partial charge in [0, 0.05) is 12.8 Å². The van der Waals surface area contributed by atoms with Crippen LogP contribution < -0.4 is 10.9 Å². The lowest BCUT2D eigenvalue weighted by molar-refractivity contribution is -0.126. The van der Waals surface area contributed by atoms with E-state index in [1.54, 1.807) is 12.4 Å². The molecule has 0 bridgehead atoms. The number of carbonyl (C=O) groups excluding carboxylic acids is 2. The Kier molecular flexibility index (Phi) is 6.63. The number of hydrazone groups is 2. The molecule has 0 aliphatic rings. The summed E-state index contributed by atoms with van der Waals surface area (Å²) in [5.74, 6) is -0.675. The lowest BCUT2D eigenvalue weighted by Gasteiger charge is -2.01. The molecular weight excluding hydrogens is 400 g/mol. The minimum absolute atomic E-state index is 0.0202. The van der Waals surface area contributed by atoms with Crippen molar-refractivity contribution in [3.8, 4) is 0 Å². The summed E-state index contributed by atoms with van der Waals surface area (Å²) in [4.78, 5) is 23.9. The molecule has 158 valence electrons.